The van der Waals surface area contributed by atoms with Crippen molar-refractivity contribution in [3.63, 3.8) is 0 Å². The van der Waals surface area contributed by atoms with Gasteiger partial charge in [0.1, 0.15) is 5.82 Å². The summed E-state index contributed by atoms with van der Waals surface area (Å²) in [7, 11) is -6.40. The fraction of sp³-hybridized carbons (Fsp3) is 0.0769. The standard InChI is InChI=1S/C26H24N4O5S2/c1-19-10-14-22(15-11-19)37(34,35)30(2)24-8-4-3-7-23(24)26(31)28-20-12-16-21(17-13-20)36(32,33)29-25-9-5-6-18-27-25/h3-18H,1-2H3,(H,27,29)(H,28,31). The number of anilines is 3. The maximum atomic E-state index is 13.2. The zero-order chi connectivity index (χ0) is 26.6. The summed E-state index contributed by atoms with van der Waals surface area (Å²) in [5.74, 6) is -0.370. The van der Waals surface area contributed by atoms with Crippen LogP contribution in [0.15, 0.2) is 107 Å². The number of pyridine rings is 1. The largest absolute Gasteiger partial charge is 0.322 e. The average Bonchev–Trinajstić information content (AvgIpc) is 2.89. The second-order valence-electron chi connectivity index (χ2n) is 8.10. The van der Waals surface area contributed by atoms with E-state index < -0.39 is 26.0 Å². The highest BCUT2D eigenvalue weighted by Crippen LogP contribution is 2.27. The van der Waals surface area contributed by atoms with E-state index in [1.165, 1.54) is 61.8 Å². The topological polar surface area (TPSA) is 126 Å². The summed E-state index contributed by atoms with van der Waals surface area (Å²) in [6, 6.07) is 23.2. The summed E-state index contributed by atoms with van der Waals surface area (Å²) in [6.45, 7) is 1.86. The number of aromatic nitrogens is 1. The van der Waals surface area contributed by atoms with Gasteiger partial charge in [-0.1, -0.05) is 35.9 Å². The van der Waals surface area contributed by atoms with E-state index in [2.05, 4.69) is 15.0 Å². The smallest absolute Gasteiger partial charge is 0.264 e. The van der Waals surface area contributed by atoms with Crippen molar-refractivity contribution < 1.29 is 21.6 Å². The first-order valence-corrected chi connectivity index (χ1v) is 14.0. The van der Waals surface area contributed by atoms with E-state index in [9.17, 15) is 21.6 Å². The minimum atomic E-state index is -3.91. The van der Waals surface area contributed by atoms with Gasteiger partial charge in [0, 0.05) is 18.9 Å². The number of carbonyl (C=O) groups excluding carboxylic acids is 1. The van der Waals surface area contributed by atoms with E-state index in [0.29, 0.717) is 5.69 Å². The minimum absolute atomic E-state index is 0.0134. The lowest BCUT2D eigenvalue weighted by molar-refractivity contribution is 0.102. The van der Waals surface area contributed by atoms with Crippen molar-refractivity contribution in [3.05, 3.63) is 108 Å². The van der Waals surface area contributed by atoms with Gasteiger partial charge < -0.3 is 5.32 Å². The van der Waals surface area contributed by atoms with E-state index in [1.807, 2.05) is 6.92 Å². The Bertz CT molecular complexity index is 1620. The third-order valence-electron chi connectivity index (χ3n) is 5.49. The van der Waals surface area contributed by atoms with Crippen LogP contribution in [0.3, 0.4) is 0 Å². The predicted octanol–water partition coefficient (Wildman–Crippen LogP) is 4.27. The molecule has 0 aliphatic rings. The fourth-order valence-corrected chi connectivity index (χ4v) is 5.70. The van der Waals surface area contributed by atoms with Crippen molar-refractivity contribution in [2.24, 2.45) is 0 Å². The number of carbonyl (C=O) groups is 1. The summed E-state index contributed by atoms with van der Waals surface area (Å²) >= 11 is 0. The number of hydrogen-bond donors (Lipinski definition) is 2. The second-order valence-corrected chi connectivity index (χ2v) is 11.8. The van der Waals surface area contributed by atoms with Crippen LogP contribution in [0, 0.1) is 6.92 Å². The molecule has 0 saturated carbocycles. The Morgan fingerprint density at radius 1 is 0.784 bits per heavy atom. The van der Waals surface area contributed by atoms with Gasteiger partial charge in [0.2, 0.25) is 0 Å². The first-order valence-electron chi connectivity index (χ1n) is 11.1. The highest BCUT2D eigenvalue weighted by Gasteiger charge is 2.25. The summed E-state index contributed by atoms with van der Waals surface area (Å²) in [5.41, 5.74) is 1.59. The van der Waals surface area contributed by atoms with Crippen molar-refractivity contribution in [2.75, 3.05) is 21.4 Å². The zero-order valence-electron chi connectivity index (χ0n) is 20.0. The Balaban J connectivity index is 1.54. The number of benzene rings is 3. The van der Waals surface area contributed by atoms with Gasteiger partial charge in [-0.2, -0.15) is 0 Å². The first kappa shape index (κ1) is 25.9. The zero-order valence-corrected chi connectivity index (χ0v) is 21.6. The minimum Gasteiger partial charge on any atom is -0.322 e. The molecule has 11 heteroatoms. The van der Waals surface area contributed by atoms with Crippen LogP contribution in [0.1, 0.15) is 15.9 Å². The lowest BCUT2D eigenvalue weighted by Gasteiger charge is -2.22. The highest BCUT2D eigenvalue weighted by atomic mass is 32.2. The Kier molecular flexibility index (Phi) is 7.28. The summed E-state index contributed by atoms with van der Waals surface area (Å²) in [6.07, 6.45) is 1.47. The molecule has 0 fully saturated rings. The highest BCUT2D eigenvalue weighted by molar-refractivity contribution is 7.93. The lowest BCUT2D eigenvalue weighted by atomic mass is 10.1. The monoisotopic (exact) mass is 536 g/mol. The molecule has 1 amide bonds. The van der Waals surface area contributed by atoms with Crippen molar-refractivity contribution >= 4 is 43.1 Å². The number of nitrogens with zero attached hydrogens (tertiary/aromatic N) is 2. The van der Waals surface area contributed by atoms with E-state index in [4.69, 9.17) is 0 Å². The van der Waals surface area contributed by atoms with Crippen LogP contribution in [-0.4, -0.2) is 34.8 Å². The van der Waals surface area contributed by atoms with Gasteiger partial charge >= 0.3 is 0 Å². The Hall–Kier alpha value is -4.22. The van der Waals surface area contributed by atoms with Gasteiger partial charge in [0.05, 0.1) is 21.0 Å². The number of sulfonamides is 2. The maximum absolute atomic E-state index is 13.2. The van der Waals surface area contributed by atoms with Gasteiger partial charge in [-0.05, 0) is 67.6 Å². The quantitative estimate of drug-likeness (QED) is 0.346. The van der Waals surface area contributed by atoms with Crippen LogP contribution >= 0.6 is 0 Å². The van der Waals surface area contributed by atoms with Gasteiger partial charge in [-0.15, -0.1) is 0 Å². The predicted molar refractivity (Wildman–Crippen MR) is 143 cm³/mol. The normalized spacial score (nSPS) is 11.5. The van der Waals surface area contributed by atoms with E-state index in [1.54, 1.807) is 42.5 Å². The van der Waals surface area contributed by atoms with Crippen molar-refractivity contribution in [2.45, 2.75) is 16.7 Å². The molecule has 190 valence electrons. The molecule has 1 aromatic heterocycles. The van der Waals surface area contributed by atoms with Crippen LogP contribution in [0.2, 0.25) is 0 Å². The summed E-state index contributed by atoms with van der Waals surface area (Å²) < 4.78 is 55.0. The molecule has 0 radical (unpaired) electrons. The third kappa shape index (κ3) is 5.79. The van der Waals surface area contributed by atoms with Crippen LogP contribution in [-0.2, 0) is 20.0 Å². The molecule has 0 spiro atoms. The van der Waals surface area contributed by atoms with E-state index >= 15 is 0 Å². The van der Waals surface area contributed by atoms with Gasteiger partial charge in [-0.3, -0.25) is 13.8 Å². The van der Waals surface area contributed by atoms with Crippen molar-refractivity contribution in [1.82, 2.24) is 4.98 Å². The molecule has 0 unspecified atom stereocenters. The van der Waals surface area contributed by atoms with Crippen LogP contribution in [0.5, 0.6) is 0 Å². The van der Waals surface area contributed by atoms with Crippen molar-refractivity contribution in [3.8, 4) is 0 Å². The van der Waals surface area contributed by atoms with Crippen molar-refractivity contribution in [1.29, 1.82) is 0 Å². The number of amides is 1. The molecule has 0 aliphatic heterocycles. The average molecular weight is 537 g/mol. The molecule has 4 rings (SSSR count). The molecule has 3 aromatic carbocycles. The number of para-hydroxylation sites is 1. The summed E-state index contributed by atoms with van der Waals surface area (Å²) in [5, 5.41) is 2.69. The Labute approximate surface area is 215 Å². The van der Waals surface area contributed by atoms with Crippen LogP contribution < -0.4 is 14.3 Å². The molecule has 37 heavy (non-hydrogen) atoms. The van der Waals surface area contributed by atoms with Crippen LogP contribution in [0.25, 0.3) is 0 Å². The van der Waals surface area contributed by atoms with Gasteiger partial charge in [0.15, 0.2) is 0 Å². The molecule has 0 saturated heterocycles. The van der Waals surface area contributed by atoms with E-state index in [0.717, 1.165) is 9.87 Å². The molecule has 1 heterocycles. The molecule has 0 aliphatic carbocycles. The van der Waals surface area contributed by atoms with Gasteiger partial charge in [-0.25, -0.2) is 21.8 Å². The molecular weight excluding hydrogens is 512 g/mol. The number of rotatable bonds is 8. The molecular formula is C26H24N4O5S2. The Morgan fingerprint density at radius 2 is 1.41 bits per heavy atom. The number of nitrogens with one attached hydrogen (secondary N) is 2. The van der Waals surface area contributed by atoms with Crippen LogP contribution in [0.4, 0.5) is 17.2 Å². The SMILES string of the molecule is Cc1ccc(S(=O)(=O)N(C)c2ccccc2C(=O)Nc2ccc(S(=O)(=O)Nc3ccccn3)cc2)cc1. The number of aryl methyl sites for hydroxylation is 1. The number of hydrogen-bond acceptors (Lipinski definition) is 6. The van der Waals surface area contributed by atoms with E-state index in [-0.39, 0.29) is 26.9 Å². The van der Waals surface area contributed by atoms with Gasteiger partial charge in [0.25, 0.3) is 26.0 Å². The molecule has 2 N–H and O–H groups in total. The Morgan fingerprint density at radius 3 is 2.05 bits per heavy atom. The molecule has 4 aromatic rings. The summed E-state index contributed by atoms with van der Waals surface area (Å²) in [4.78, 5) is 17.1. The second kappa shape index (κ2) is 10.4. The molecule has 9 nitrogen and oxygen atoms in total. The third-order valence-corrected chi connectivity index (χ3v) is 8.65. The molecule has 0 atom stereocenters. The maximum Gasteiger partial charge on any atom is 0.264 e. The lowest BCUT2D eigenvalue weighted by Crippen LogP contribution is -2.29. The molecule has 0 bridgehead atoms. The first-order chi connectivity index (χ1) is 17.6. The fourth-order valence-electron chi connectivity index (χ4n) is 3.47.